The number of hydrogen-bond donors (Lipinski definition) is 2. The van der Waals surface area contributed by atoms with E-state index in [1.165, 1.54) is 17.5 Å². The third-order valence-corrected chi connectivity index (χ3v) is 6.31. The van der Waals surface area contributed by atoms with Gasteiger partial charge in [-0.25, -0.2) is 9.67 Å². The van der Waals surface area contributed by atoms with Crippen LogP contribution in [-0.2, 0) is 26.1 Å². The number of anilines is 1. The molecule has 4 aromatic rings. The topological polar surface area (TPSA) is 92.2 Å². The number of nitrogens with one attached hydrogen (secondary N) is 2. The van der Waals surface area contributed by atoms with Crippen molar-refractivity contribution in [2.75, 3.05) is 18.9 Å². The highest BCUT2D eigenvalue weighted by Crippen LogP contribution is 2.22. The Hall–Kier alpha value is -4.30. The molecule has 0 spiro atoms. The molecule has 8 heteroatoms. The summed E-state index contributed by atoms with van der Waals surface area (Å²) in [6.45, 7) is 2.80. The number of carbonyl (C=O) groups is 2. The normalized spacial score (nSPS) is 13.1. The summed E-state index contributed by atoms with van der Waals surface area (Å²) in [5.41, 5.74) is 6.31. The molecule has 182 valence electrons. The Morgan fingerprint density at radius 2 is 1.69 bits per heavy atom. The van der Waals surface area contributed by atoms with Crippen molar-refractivity contribution in [1.82, 2.24) is 25.0 Å². The highest BCUT2D eigenvalue weighted by Gasteiger charge is 2.15. The molecule has 2 heterocycles. The molecule has 5 rings (SSSR count). The number of benzene rings is 3. The molecule has 0 unspecified atom stereocenters. The summed E-state index contributed by atoms with van der Waals surface area (Å²) in [7, 11) is 2.11. The molecule has 0 saturated carbocycles. The van der Waals surface area contributed by atoms with Crippen LogP contribution < -0.4 is 10.6 Å². The Balaban J connectivity index is 1.20. The quantitative estimate of drug-likeness (QED) is 0.423. The number of carbonyl (C=O) groups excluding carboxylic acids is 2. The van der Waals surface area contributed by atoms with E-state index >= 15 is 0 Å². The van der Waals surface area contributed by atoms with Crippen molar-refractivity contribution in [3.05, 3.63) is 113 Å². The monoisotopic (exact) mass is 480 g/mol. The SMILES string of the molecule is CN1CCc2ccc(NC(=O)c3cccc(CNC(=O)c4cccc(Cn5cncn5)c4)c3)cc2C1. The third-order valence-electron chi connectivity index (χ3n) is 6.31. The summed E-state index contributed by atoms with van der Waals surface area (Å²) in [6, 6.07) is 20.9. The van der Waals surface area contributed by atoms with E-state index in [4.69, 9.17) is 0 Å². The lowest BCUT2D eigenvalue weighted by Gasteiger charge is -2.25. The predicted octanol–water partition coefficient (Wildman–Crippen LogP) is 3.50. The second-order valence-electron chi connectivity index (χ2n) is 9.10. The lowest BCUT2D eigenvalue weighted by molar-refractivity contribution is 0.0950. The Morgan fingerprint density at radius 3 is 2.50 bits per heavy atom. The zero-order valence-corrected chi connectivity index (χ0v) is 20.1. The Labute approximate surface area is 210 Å². The molecule has 1 aromatic heterocycles. The van der Waals surface area contributed by atoms with E-state index in [2.05, 4.69) is 44.8 Å². The zero-order chi connectivity index (χ0) is 24.9. The van der Waals surface area contributed by atoms with Gasteiger partial charge in [0.25, 0.3) is 11.8 Å². The lowest BCUT2D eigenvalue weighted by Crippen LogP contribution is -2.26. The molecule has 0 saturated heterocycles. The molecule has 0 radical (unpaired) electrons. The summed E-state index contributed by atoms with van der Waals surface area (Å²) < 4.78 is 1.70. The van der Waals surface area contributed by atoms with Gasteiger partial charge in [0.1, 0.15) is 12.7 Å². The van der Waals surface area contributed by atoms with E-state index in [-0.39, 0.29) is 11.8 Å². The van der Waals surface area contributed by atoms with Gasteiger partial charge in [0.15, 0.2) is 0 Å². The summed E-state index contributed by atoms with van der Waals surface area (Å²) >= 11 is 0. The van der Waals surface area contributed by atoms with Crippen molar-refractivity contribution < 1.29 is 9.59 Å². The molecule has 2 N–H and O–H groups in total. The van der Waals surface area contributed by atoms with Crippen molar-refractivity contribution in [2.45, 2.75) is 26.1 Å². The van der Waals surface area contributed by atoms with E-state index in [0.29, 0.717) is 24.2 Å². The van der Waals surface area contributed by atoms with Crippen LogP contribution in [0.4, 0.5) is 5.69 Å². The molecule has 2 amide bonds. The predicted molar refractivity (Wildman–Crippen MR) is 138 cm³/mol. The summed E-state index contributed by atoms with van der Waals surface area (Å²) in [6.07, 6.45) is 4.15. The molecule has 8 nitrogen and oxygen atoms in total. The van der Waals surface area contributed by atoms with Crippen LogP contribution in [0.1, 0.15) is 43.0 Å². The fourth-order valence-electron chi connectivity index (χ4n) is 4.40. The molecule has 0 atom stereocenters. The number of likely N-dealkylation sites (N-methyl/N-ethyl adjacent to an activating group) is 1. The number of amides is 2. The van der Waals surface area contributed by atoms with Crippen molar-refractivity contribution >= 4 is 17.5 Å². The van der Waals surface area contributed by atoms with Crippen LogP contribution in [-0.4, -0.2) is 45.1 Å². The van der Waals surface area contributed by atoms with E-state index in [1.54, 1.807) is 23.1 Å². The van der Waals surface area contributed by atoms with Gasteiger partial charge in [0.2, 0.25) is 0 Å². The lowest BCUT2D eigenvalue weighted by atomic mass is 9.99. The third kappa shape index (κ3) is 5.67. The first-order valence-electron chi connectivity index (χ1n) is 11.9. The minimum atomic E-state index is -0.177. The van der Waals surface area contributed by atoms with Gasteiger partial charge in [-0.2, -0.15) is 5.10 Å². The Morgan fingerprint density at radius 1 is 0.917 bits per heavy atom. The number of rotatable bonds is 7. The average Bonchev–Trinajstić information content (AvgIpc) is 3.40. The molecule has 1 aliphatic heterocycles. The van der Waals surface area contributed by atoms with Gasteiger partial charge in [0, 0.05) is 36.4 Å². The summed E-state index contributed by atoms with van der Waals surface area (Å²) in [5, 5.41) is 10.1. The van der Waals surface area contributed by atoms with Crippen LogP contribution in [0.3, 0.4) is 0 Å². The van der Waals surface area contributed by atoms with Crippen molar-refractivity contribution in [1.29, 1.82) is 0 Å². The smallest absolute Gasteiger partial charge is 0.255 e. The Bertz CT molecular complexity index is 1380. The van der Waals surface area contributed by atoms with Crippen LogP contribution in [0.15, 0.2) is 79.4 Å². The van der Waals surface area contributed by atoms with Gasteiger partial charge in [-0.15, -0.1) is 0 Å². The highest BCUT2D eigenvalue weighted by atomic mass is 16.2. The fourth-order valence-corrected chi connectivity index (χ4v) is 4.40. The van der Waals surface area contributed by atoms with Crippen LogP contribution in [0.2, 0.25) is 0 Å². The maximum Gasteiger partial charge on any atom is 0.255 e. The van der Waals surface area contributed by atoms with Gasteiger partial charge in [-0.05, 0) is 72.1 Å². The second-order valence-corrected chi connectivity index (χ2v) is 9.10. The fraction of sp³-hybridized carbons (Fsp3) is 0.214. The van der Waals surface area contributed by atoms with Crippen LogP contribution >= 0.6 is 0 Å². The number of hydrogen-bond acceptors (Lipinski definition) is 5. The maximum atomic E-state index is 12.9. The van der Waals surface area contributed by atoms with Gasteiger partial charge in [-0.3, -0.25) is 9.59 Å². The summed E-state index contributed by atoms with van der Waals surface area (Å²) in [5.74, 6) is -0.350. The molecule has 0 aliphatic carbocycles. The van der Waals surface area contributed by atoms with Gasteiger partial charge >= 0.3 is 0 Å². The first kappa shape index (κ1) is 23.4. The largest absolute Gasteiger partial charge is 0.348 e. The number of nitrogens with zero attached hydrogens (tertiary/aromatic N) is 4. The summed E-state index contributed by atoms with van der Waals surface area (Å²) in [4.78, 5) is 31.9. The van der Waals surface area contributed by atoms with E-state index < -0.39 is 0 Å². The second kappa shape index (κ2) is 10.5. The van der Waals surface area contributed by atoms with E-state index in [9.17, 15) is 9.59 Å². The first-order chi connectivity index (χ1) is 17.5. The zero-order valence-electron chi connectivity index (χ0n) is 20.1. The van der Waals surface area contributed by atoms with Gasteiger partial charge < -0.3 is 15.5 Å². The number of aromatic nitrogens is 3. The molecule has 0 fully saturated rings. The molecular formula is C28H28N6O2. The van der Waals surface area contributed by atoms with E-state index in [1.807, 2.05) is 42.5 Å². The van der Waals surface area contributed by atoms with Crippen LogP contribution in [0.25, 0.3) is 0 Å². The van der Waals surface area contributed by atoms with E-state index in [0.717, 1.165) is 36.3 Å². The van der Waals surface area contributed by atoms with Crippen molar-refractivity contribution in [3.8, 4) is 0 Å². The maximum absolute atomic E-state index is 12.9. The van der Waals surface area contributed by atoms with Crippen LogP contribution in [0.5, 0.6) is 0 Å². The highest BCUT2D eigenvalue weighted by molar-refractivity contribution is 6.04. The van der Waals surface area contributed by atoms with Gasteiger partial charge in [0.05, 0.1) is 6.54 Å². The molecule has 3 aromatic carbocycles. The minimum Gasteiger partial charge on any atom is -0.348 e. The average molecular weight is 481 g/mol. The molecule has 36 heavy (non-hydrogen) atoms. The molecule has 0 bridgehead atoms. The molecular weight excluding hydrogens is 452 g/mol. The van der Waals surface area contributed by atoms with Crippen molar-refractivity contribution in [2.24, 2.45) is 0 Å². The van der Waals surface area contributed by atoms with Crippen molar-refractivity contribution in [3.63, 3.8) is 0 Å². The molecule has 1 aliphatic rings. The standard InChI is InChI=1S/C28H28N6O2/c1-33-11-10-22-8-9-26(14-25(22)17-33)32-28(36)24-7-2-4-20(12-24)15-30-27(35)23-6-3-5-21(13-23)16-34-19-29-18-31-34/h2-9,12-14,18-19H,10-11,15-17H2,1H3,(H,30,35)(H,32,36). The first-order valence-corrected chi connectivity index (χ1v) is 11.9. The van der Waals surface area contributed by atoms with Gasteiger partial charge in [-0.1, -0.05) is 30.3 Å². The number of fused-ring (bicyclic) bond motifs is 1. The Kier molecular flexibility index (Phi) is 6.86. The van der Waals surface area contributed by atoms with Crippen LogP contribution in [0, 0.1) is 0 Å². The minimum absolute atomic E-state index is 0.173.